The minimum Gasteiger partial charge on any atom is -0.368 e. The number of halogens is 1. The summed E-state index contributed by atoms with van der Waals surface area (Å²) in [5.74, 6) is 0.963. The first-order valence-corrected chi connectivity index (χ1v) is 12.8. The van der Waals surface area contributed by atoms with Crippen LogP contribution in [0.15, 0.2) is 46.3 Å². The molecule has 2 heterocycles. The van der Waals surface area contributed by atoms with E-state index in [-0.39, 0.29) is 17.9 Å². The number of piperidine rings is 1. The number of aryl methyl sites for hydroxylation is 4. The number of nitrogens with zero attached hydrogens (tertiary/aromatic N) is 2. The van der Waals surface area contributed by atoms with Crippen molar-refractivity contribution in [3.05, 3.63) is 64.2 Å². The van der Waals surface area contributed by atoms with Crippen molar-refractivity contribution < 1.29 is 8.42 Å². The maximum Gasteiger partial charge on any atom is 0.243 e. The fourth-order valence-corrected chi connectivity index (χ4v) is 7.01. The van der Waals surface area contributed by atoms with Gasteiger partial charge in [0.25, 0.3) is 0 Å². The number of hydrogen-bond acceptors (Lipinski definition) is 5. The molecular formula is C25H35ClN4O2S. The SMILES string of the molecule is Cc1cccc(CNC2=NCCNC23CCN(S(=O)(=O)c2c(C)cc(C)cc2C)CC3)c1.Cl. The minimum atomic E-state index is -3.53. The van der Waals surface area contributed by atoms with E-state index in [1.54, 1.807) is 4.31 Å². The van der Waals surface area contributed by atoms with E-state index in [1.807, 2.05) is 32.9 Å². The number of sulfonamides is 1. The molecular weight excluding hydrogens is 456 g/mol. The lowest BCUT2D eigenvalue weighted by molar-refractivity contribution is 0.241. The number of amidine groups is 1. The zero-order valence-corrected chi connectivity index (χ0v) is 21.6. The summed E-state index contributed by atoms with van der Waals surface area (Å²) in [5, 5.41) is 7.21. The van der Waals surface area contributed by atoms with Crippen molar-refractivity contribution in [2.45, 2.75) is 57.5 Å². The van der Waals surface area contributed by atoms with E-state index >= 15 is 0 Å². The molecule has 1 saturated heterocycles. The van der Waals surface area contributed by atoms with Crippen molar-refractivity contribution in [3.63, 3.8) is 0 Å². The molecule has 6 nitrogen and oxygen atoms in total. The summed E-state index contributed by atoms with van der Waals surface area (Å²) in [4.78, 5) is 5.26. The first-order chi connectivity index (χ1) is 15.2. The second-order valence-corrected chi connectivity index (χ2v) is 11.1. The van der Waals surface area contributed by atoms with E-state index in [9.17, 15) is 8.42 Å². The largest absolute Gasteiger partial charge is 0.368 e. The van der Waals surface area contributed by atoms with E-state index in [4.69, 9.17) is 4.99 Å². The van der Waals surface area contributed by atoms with Crippen molar-refractivity contribution in [1.82, 2.24) is 14.9 Å². The first kappa shape index (κ1) is 25.7. The summed E-state index contributed by atoms with van der Waals surface area (Å²) in [7, 11) is -3.53. The van der Waals surface area contributed by atoms with Gasteiger partial charge in [0, 0.05) is 26.2 Å². The lowest BCUT2D eigenvalue weighted by Crippen LogP contribution is -2.64. The van der Waals surface area contributed by atoms with Crippen LogP contribution in [0.25, 0.3) is 0 Å². The van der Waals surface area contributed by atoms with Crippen molar-refractivity contribution in [2.24, 2.45) is 4.99 Å². The minimum absolute atomic E-state index is 0. The Hall–Kier alpha value is -1.93. The van der Waals surface area contributed by atoms with Gasteiger partial charge in [0.05, 0.1) is 17.0 Å². The number of nitrogens with one attached hydrogen (secondary N) is 2. The van der Waals surface area contributed by atoms with Crippen LogP contribution in [0, 0.1) is 27.7 Å². The van der Waals surface area contributed by atoms with Crippen LogP contribution in [-0.4, -0.2) is 50.3 Å². The van der Waals surface area contributed by atoms with Crippen LogP contribution < -0.4 is 10.6 Å². The fraction of sp³-hybridized carbons (Fsp3) is 0.480. The molecule has 1 spiro atoms. The van der Waals surface area contributed by atoms with Gasteiger partial charge in [-0.15, -0.1) is 12.4 Å². The molecule has 0 bridgehead atoms. The van der Waals surface area contributed by atoms with Gasteiger partial charge in [-0.25, -0.2) is 8.42 Å². The molecule has 0 saturated carbocycles. The van der Waals surface area contributed by atoms with Crippen LogP contribution >= 0.6 is 12.4 Å². The molecule has 0 aromatic heterocycles. The van der Waals surface area contributed by atoms with E-state index in [2.05, 4.69) is 41.8 Å². The zero-order chi connectivity index (χ0) is 22.9. The van der Waals surface area contributed by atoms with E-state index < -0.39 is 10.0 Å². The van der Waals surface area contributed by atoms with Gasteiger partial charge in [-0.1, -0.05) is 47.5 Å². The Balaban J connectivity index is 0.00000306. The molecule has 2 N–H and O–H groups in total. The van der Waals surface area contributed by atoms with Gasteiger partial charge in [-0.3, -0.25) is 4.99 Å². The van der Waals surface area contributed by atoms with Crippen molar-refractivity contribution in [3.8, 4) is 0 Å². The quantitative estimate of drug-likeness (QED) is 0.686. The van der Waals surface area contributed by atoms with E-state index in [1.165, 1.54) is 11.1 Å². The van der Waals surface area contributed by atoms with Gasteiger partial charge < -0.3 is 10.6 Å². The number of rotatable bonds is 4. The van der Waals surface area contributed by atoms with Gasteiger partial charge in [-0.05, 0) is 57.2 Å². The molecule has 2 aliphatic heterocycles. The molecule has 1 fully saturated rings. The van der Waals surface area contributed by atoms with Crippen LogP contribution in [-0.2, 0) is 16.6 Å². The Kier molecular flexibility index (Phi) is 7.89. The van der Waals surface area contributed by atoms with Crippen LogP contribution in [0.5, 0.6) is 0 Å². The van der Waals surface area contributed by atoms with E-state index in [0.29, 0.717) is 37.4 Å². The highest BCUT2D eigenvalue weighted by Crippen LogP contribution is 2.31. The average Bonchev–Trinajstić information content (AvgIpc) is 2.73. The highest BCUT2D eigenvalue weighted by Gasteiger charge is 2.43. The molecule has 4 rings (SSSR count). The normalized spacial score (nSPS) is 18.5. The smallest absolute Gasteiger partial charge is 0.243 e. The first-order valence-electron chi connectivity index (χ1n) is 11.4. The molecule has 180 valence electrons. The maximum atomic E-state index is 13.5. The molecule has 0 radical (unpaired) electrons. The highest BCUT2D eigenvalue weighted by molar-refractivity contribution is 7.89. The van der Waals surface area contributed by atoms with Gasteiger partial charge >= 0.3 is 0 Å². The third-order valence-corrected chi connectivity index (χ3v) is 8.82. The Bertz CT molecular complexity index is 1120. The standard InChI is InChI=1S/C25H34N4O2S.ClH/c1-18-6-5-7-22(16-18)17-27-24-25(28-11-10-26-24)8-12-29(13-9-25)32(30,31)23-20(3)14-19(2)15-21(23)4;/h5-7,14-16,28H,8-13,17H2,1-4H3,(H,26,27);1H. The van der Waals surface area contributed by atoms with Crippen LogP contribution in [0.3, 0.4) is 0 Å². The zero-order valence-electron chi connectivity index (χ0n) is 19.9. The van der Waals surface area contributed by atoms with Gasteiger partial charge in [0.1, 0.15) is 5.84 Å². The van der Waals surface area contributed by atoms with Crippen LogP contribution in [0.1, 0.15) is 40.7 Å². The highest BCUT2D eigenvalue weighted by atomic mass is 35.5. The molecule has 2 aliphatic rings. The molecule has 2 aromatic rings. The molecule has 8 heteroatoms. The predicted molar refractivity (Wildman–Crippen MR) is 137 cm³/mol. The second kappa shape index (κ2) is 10.1. The lowest BCUT2D eigenvalue weighted by atomic mass is 9.85. The number of aliphatic imine (C=N–C) groups is 1. The monoisotopic (exact) mass is 490 g/mol. The molecule has 0 amide bonds. The summed E-state index contributed by atoms with van der Waals surface area (Å²) >= 11 is 0. The Morgan fingerprint density at radius 1 is 1.03 bits per heavy atom. The van der Waals surface area contributed by atoms with Gasteiger partial charge in [-0.2, -0.15) is 4.31 Å². The maximum absolute atomic E-state index is 13.5. The Morgan fingerprint density at radius 3 is 2.33 bits per heavy atom. The Labute approximate surface area is 204 Å². The third-order valence-electron chi connectivity index (χ3n) is 6.62. The van der Waals surface area contributed by atoms with E-state index in [0.717, 1.165) is 35.6 Å². The number of benzene rings is 2. The van der Waals surface area contributed by atoms with Gasteiger partial charge in [0.15, 0.2) is 0 Å². The molecule has 33 heavy (non-hydrogen) atoms. The second-order valence-electron chi connectivity index (χ2n) is 9.21. The molecule has 0 unspecified atom stereocenters. The summed E-state index contributed by atoms with van der Waals surface area (Å²) in [6.45, 7) is 11.1. The average molecular weight is 491 g/mol. The predicted octanol–water partition coefficient (Wildman–Crippen LogP) is 3.66. The number of hydrogen-bond donors (Lipinski definition) is 2. The summed E-state index contributed by atoms with van der Waals surface area (Å²) in [6.07, 6.45) is 1.41. The third kappa shape index (κ3) is 5.27. The topological polar surface area (TPSA) is 73.8 Å². The summed E-state index contributed by atoms with van der Waals surface area (Å²) in [6, 6.07) is 12.4. The van der Waals surface area contributed by atoms with Crippen molar-refractivity contribution in [1.29, 1.82) is 0 Å². The van der Waals surface area contributed by atoms with Crippen molar-refractivity contribution in [2.75, 3.05) is 26.2 Å². The van der Waals surface area contributed by atoms with Gasteiger partial charge in [0.2, 0.25) is 10.0 Å². The van der Waals surface area contributed by atoms with Crippen LogP contribution in [0.2, 0.25) is 0 Å². The Morgan fingerprint density at radius 2 is 1.70 bits per heavy atom. The summed E-state index contributed by atoms with van der Waals surface area (Å²) < 4.78 is 28.6. The fourth-order valence-electron chi connectivity index (χ4n) is 5.16. The summed E-state index contributed by atoms with van der Waals surface area (Å²) in [5.41, 5.74) is 4.90. The lowest BCUT2D eigenvalue weighted by Gasteiger charge is -2.44. The molecule has 0 aliphatic carbocycles. The van der Waals surface area contributed by atoms with Crippen LogP contribution in [0.4, 0.5) is 0 Å². The molecule has 2 aromatic carbocycles. The molecule has 0 atom stereocenters. The van der Waals surface area contributed by atoms with Crippen molar-refractivity contribution >= 4 is 28.3 Å².